The minimum Gasteiger partial charge on any atom is -0.486 e. The van der Waals surface area contributed by atoms with Crippen LogP contribution in [0.3, 0.4) is 0 Å². The molecule has 2 N–H and O–H groups in total. The van der Waals surface area contributed by atoms with E-state index in [1.54, 1.807) is 18.2 Å². The summed E-state index contributed by atoms with van der Waals surface area (Å²) < 4.78 is 11.0. The van der Waals surface area contributed by atoms with E-state index in [0.29, 0.717) is 30.4 Å². The first kappa shape index (κ1) is 19.7. The van der Waals surface area contributed by atoms with E-state index in [1.165, 1.54) is 0 Å². The third kappa shape index (κ3) is 4.82. The molecular formula is C22H26N2O4. The number of nitrogens with one attached hydrogen (secondary N) is 2. The molecule has 2 aromatic carbocycles. The van der Waals surface area contributed by atoms with Crippen molar-refractivity contribution in [3.63, 3.8) is 0 Å². The molecule has 2 amide bonds. The van der Waals surface area contributed by atoms with Crippen LogP contribution in [0.5, 0.6) is 11.5 Å². The highest BCUT2D eigenvalue weighted by atomic mass is 16.6. The van der Waals surface area contributed by atoms with Gasteiger partial charge in [-0.1, -0.05) is 43.7 Å². The Balaban J connectivity index is 1.58. The van der Waals surface area contributed by atoms with E-state index >= 15 is 0 Å². The van der Waals surface area contributed by atoms with Gasteiger partial charge in [0.2, 0.25) is 11.8 Å². The van der Waals surface area contributed by atoms with E-state index in [1.807, 2.05) is 45.0 Å². The Kier molecular flexibility index (Phi) is 6.19. The highest BCUT2D eigenvalue weighted by molar-refractivity contribution is 5.95. The molecule has 0 saturated heterocycles. The molecule has 1 unspecified atom stereocenters. The summed E-state index contributed by atoms with van der Waals surface area (Å²) in [7, 11) is 0. The second kappa shape index (κ2) is 8.78. The number of benzene rings is 2. The van der Waals surface area contributed by atoms with Crippen molar-refractivity contribution in [1.29, 1.82) is 0 Å². The van der Waals surface area contributed by atoms with Crippen LogP contribution < -0.4 is 20.1 Å². The zero-order valence-corrected chi connectivity index (χ0v) is 16.5. The van der Waals surface area contributed by atoms with Gasteiger partial charge in [-0.05, 0) is 30.5 Å². The van der Waals surface area contributed by atoms with Gasteiger partial charge in [0.25, 0.3) is 0 Å². The fourth-order valence-corrected chi connectivity index (χ4v) is 3.22. The van der Waals surface area contributed by atoms with Crippen LogP contribution in [-0.2, 0) is 9.59 Å². The molecule has 0 radical (unpaired) electrons. The van der Waals surface area contributed by atoms with Crippen molar-refractivity contribution in [1.82, 2.24) is 5.32 Å². The molecular weight excluding hydrogens is 356 g/mol. The van der Waals surface area contributed by atoms with Crippen molar-refractivity contribution < 1.29 is 19.1 Å². The number of aryl methyl sites for hydroxylation is 1. The Bertz CT molecular complexity index is 846. The lowest BCUT2D eigenvalue weighted by molar-refractivity contribution is -0.126. The summed E-state index contributed by atoms with van der Waals surface area (Å²) in [6.45, 7) is 6.91. The number of rotatable bonds is 6. The van der Waals surface area contributed by atoms with Gasteiger partial charge in [-0.15, -0.1) is 0 Å². The standard InChI is InChI=1S/C22H26N2O4/c1-14(2)21(16-6-4-15(3)5-7-16)22(26)23-13-20(25)24-17-8-9-18-19(12-17)28-11-10-27-18/h4-9,12,14,21H,10-11,13H2,1-3H3,(H,23,26)(H,24,25). The summed E-state index contributed by atoms with van der Waals surface area (Å²) in [5, 5.41) is 5.53. The molecule has 28 heavy (non-hydrogen) atoms. The van der Waals surface area contributed by atoms with Gasteiger partial charge in [0.15, 0.2) is 11.5 Å². The van der Waals surface area contributed by atoms with E-state index in [9.17, 15) is 9.59 Å². The van der Waals surface area contributed by atoms with Gasteiger partial charge >= 0.3 is 0 Å². The number of carbonyl (C=O) groups is 2. The summed E-state index contributed by atoms with van der Waals surface area (Å²) in [5.41, 5.74) is 2.69. The number of hydrogen-bond donors (Lipinski definition) is 2. The van der Waals surface area contributed by atoms with Crippen LogP contribution in [0.25, 0.3) is 0 Å². The molecule has 0 saturated carbocycles. The summed E-state index contributed by atoms with van der Waals surface area (Å²) >= 11 is 0. The molecule has 0 aliphatic carbocycles. The van der Waals surface area contributed by atoms with Crippen LogP contribution in [0.15, 0.2) is 42.5 Å². The van der Waals surface area contributed by atoms with Gasteiger partial charge in [0, 0.05) is 11.8 Å². The molecule has 0 bridgehead atoms. The smallest absolute Gasteiger partial charge is 0.243 e. The molecule has 3 rings (SSSR count). The van der Waals surface area contributed by atoms with Crippen molar-refractivity contribution >= 4 is 17.5 Å². The Hall–Kier alpha value is -3.02. The van der Waals surface area contributed by atoms with Crippen LogP contribution >= 0.6 is 0 Å². The molecule has 6 heteroatoms. The number of hydrogen-bond acceptors (Lipinski definition) is 4. The highest BCUT2D eigenvalue weighted by Crippen LogP contribution is 2.32. The third-order valence-electron chi connectivity index (χ3n) is 4.63. The number of amides is 2. The van der Waals surface area contributed by atoms with Crippen LogP contribution in [0.4, 0.5) is 5.69 Å². The third-order valence-corrected chi connectivity index (χ3v) is 4.63. The molecule has 0 fully saturated rings. The SMILES string of the molecule is Cc1ccc(C(C(=O)NCC(=O)Nc2ccc3c(c2)OCCO3)C(C)C)cc1. The van der Waals surface area contributed by atoms with Gasteiger partial charge in [-0.25, -0.2) is 0 Å². The lowest BCUT2D eigenvalue weighted by Gasteiger charge is -2.21. The average molecular weight is 382 g/mol. The Labute approximate surface area is 165 Å². The van der Waals surface area contributed by atoms with Crippen molar-refractivity contribution in [2.75, 3.05) is 25.1 Å². The van der Waals surface area contributed by atoms with Crippen molar-refractivity contribution in [2.24, 2.45) is 5.92 Å². The average Bonchev–Trinajstić information content (AvgIpc) is 2.68. The van der Waals surface area contributed by atoms with E-state index in [-0.39, 0.29) is 30.2 Å². The number of fused-ring (bicyclic) bond motifs is 1. The topological polar surface area (TPSA) is 76.7 Å². The fraction of sp³-hybridized carbons (Fsp3) is 0.364. The van der Waals surface area contributed by atoms with Crippen LogP contribution in [-0.4, -0.2) is 31.6 Å². The summed E-state index contributed by atoms with van der Waals surface area (Å²) in [5.74, 6) is 0.627. The predicted molar refractivity (Wildman–Crippen MR) is 108 cm³/mol. The fourth-order valence-electron chi connectivity index (χ4n) is 3.22. The molecule has 1 heterocycles. The largest absolute Gasteiger partial charge is 0.486 e. The maximum Gasteiger partial charge on any atom is 0.243 e. The normalized spacial score (nSPS) is 13.7. The number of anilines is 1. The van der Waals surface area contributed by atoms with E-state index < -0.39 is 0 Å². The first-order chi connectivity index (χ1) is 13.4. The molecule has 148 valence electrons. The maximum absolute atomic E-state index is 12.7. The van der Waals surface area contributed by atoms with Gasteiger partial charge in [0.1, 0.15) is 13.2 Å². The first-order valence-electron chi connectivity index (χ1n) is 9.48. The lowest BCUT2D eigenvalue weighted by Crippen LogP contribution is -2.37. The van der Waals surface area contributed by atoms with Crippen molar-refractivity contribution in [3.05, 3.63) is 53.6 Å². The number of carbonyl (C=O) groups excluding carboxylic acids is 2. The minimum absolute atomic E-state index is 0.0949. The summed E-state index contributed by atoms with van der Waals surface area (Å²) in [4.78, 5) is 25.0. The predicted octanol–water partition coefficient (Wildman–Crippen LogP) is 3.26. The monoisotopic (exact) mass is 382 g/mol. The summed E-state index contributed by atoms with van der Waals surface area (Å²) in [6, 6.07) is 13.1. The van der Waals surface area contributed by atoms with E-state index in [0.717, 1.165) is 11.1 Å². The van der Waals surface area contributed by atoms with Crippen molar-refractivity contribution in [3.8, 4) is 11.5 Å². The molecule has 1 atom stereocenters. The van der Waals surface area contributed by atoms with Gasteiger partial charge in [-0.3, -0.25) is 9.59 Å². The molecule has 2 aromatic rings. The maximum atomic E-state index is 12.7. The first-order valence-corrected chi connectivity index (χ1v) is 9.48. The van der Waals surface area contributed by atoms with Crippen LogP contribution in [0, 0.1) is 12.8 Å². The zero-order valence-electron chi connectivity index (χ0n) is 16.5. The zero-order chi connectivity index (χ0) is 20.1. The molecule has 0 spiro atoms. The quantitative estimate of drug-likeness (QED) is 0.804. The van der Waals surface area contributed by atoms with Crippen LogP contribution in [0.1, 0.15) is 30.9 Å². The van der Waals surface area contributed by atoms with Crippen molar-refractivity contribution in [2.45, 2.75) is 26.7 Å². The summed E-state index contributed by atoms with van der Waals surface area (Å²) in [6.07, 6.45) is 0. The second-order valence-corrected chi connectivity index (χ2v) is 7.26. The molecule has 1 aliphatic rings. The molecule has 1 aliphatic heterocycles. The van der Waals surface area contributed by atoms with Crippen LogP contribution in [0.2, 0.25) is 0 Å². The van der Waals surface area contributed by atoms with Gasteiger partial charge < -0.3 is 20.1 Å². The van der Waals surface area contributed by atoms with Gasteiger partial charge in [0.05, 0.1) is 12.5 Å². The minimum atomic E-state index is -0.303. The van der Waals surface area contributed by atoms with Gasteiger partial charge in [-0.2, -0.15) is 0 Å². The van der Waals surface area contributed by atoms with E-state index in [4.69, 9.17) is 9.47 Å². The Morgan fingerprint density at radius 1 is 1.00 bits per heavy atom. The number of ether oxygens (including phenoxy) is 2. The van der Waals surface area contributed by atoms with E-state index in [2.05, 4.69) is 10.6 Å². The molecule has 6 nitrogen and oxygen atoms in total. The second-order valence-electron chi connectivity index (χ2n) is 7.26. The Morgan fingerprint density at radius 2 is 1.68 bits per heavy atom. The Morgan fingerprint density at radius 3 is 2.36 bits per heavy atom. The molecule has 0 aromatic heterocycles. The highest BCUT2D eigenvalue weighted by Gasteiger charge is 2.24. The lowest BCUT2D eigenvalue weighted by atomic mass is 9.87.